The molecule has 0 unspecified atom stereocenters. The van der Waals surface area contributed by atoms with E-state index in [2.05, 4.69) is 70.1 Å². The fourth-order valence-electron chi connectivity index (χ4n) is 2.90. The van der Waals surface area contributed by atoms with Gasteiger partial charge in [0.2, 0.25) is 0 Å². The average Bonchev–Trinajstić information content (AvgIpc) is 2.90. The fourth-order valence-corrected chi connectivity index (χ4v) is 2.90. The van der Waals surface area contributed by atoms with Gasteiger partial charge in [-0.1, -0.05) is 18.6 Å². The summed E-state index contributed by atoms with van der Waals surface area (Å²) in [6.07, 6.45) is 4.54. The van der Waals surface area contributed by atoms with Gasteiger partial charge in [0.1, 0.15) is 5.84 Å². The number of rotatable bonds is 2. The maximum absolute atomic E-state index is 4.67. The van der Waals surface area contributed by atoms with E-state index in [4.69, 9.17) is 0 Å². The Hall–Kier alpha value is -2.36. The highest BCUT2D eigenvalue weighted by atomic mass is 15.2. The molecule has 4 heteroatoms. The molecule has 2 aromatic heterocycles. The first-order valence-electron chi connectivity index (χ1n) is 7.74. The van der Waals surface area contributed by atoms with Crippen molar-refractivity contribution >= 4 is 22.6 Å². The van der Waals surface area contributed by atoms with Gasteiger partial charge < -0.3 is 4.57 Å². The molecule has 3 aromatic rings. The van der Waals surface area contributed by atoms with Crippen molar-refractivity contribution in [3.05, 3.63) is 47.8 Å². The highest BCUT2D eigenvalue weighted by Gasteiger charge is 2.40. The molecule has 1 aliphatic carbocycles. The summed E-state index contributed by atoms with van der Waals surface area (Å²) in [7, 11) is 0. The minimum atomic E-state index is 0.298. The largest absolute Gasteiger partial charge is 0.305 e. The molecule has 0 atom stereocenters. The van der Waals surface area contributed by atoms with Gasteiger partial charge in [0.15, 0.2) is 5.82 Å². The second-order valence-electron chi connectivity index (χ2n) is 6.61. The second kappa shape index (κ2) is 4.57. The molecule has 2 heterocycles. The number of hydrogen-bond acceptors (Lipinski definition) is 2. The van der Waals surface area contributed by atoms with E-state index < -0.39 is 0 Å². The number of fused-ring (bicyclic) bond motifs is 1. The number of aryl methyl sites for hydroxylation is 1. The molecule has 4 rings (SSSR count). The standard InChI is InChI=1S/C18H20N4/c1-12-4-5-15-14(10-12)6-9-22(15)13(2)19-17-11-16(20-21-17)18(3)7-8-18/h4-6,9-11H,7-8H2,1-3H3,(H,20,21). The van der Waals surface area contributed by atoms with Crippen LogP contribution in [0, 0.1) is 6.92 Å². The lowest BCUT2D eigenvalue weighted by molar-refractivity contribution is 0.742. The summed E-state index contributed by atoms with van der Waals surface area (Å²) in [5, 5.41) is 8.72. The smallest absolute Gasteiger partial charge is 0.175 e. The van der Waals surface area contributed by atoms with Crippen LogP contribution in [0.25, 0.3) is 10.9 Å². The summed E-state index contributed by atoms with van der Waals surface area (Å²) in [5.41, 5.74) is 3.95. The van der Waals surface area contributed by atoms with Gasteiger partial charge in [-0.05, 0) is 44.9 Å². The normalized spacial score (nSPS) is 17.1. The van der Waals surface area contributed by atoms with E-state index in [0.717, 1.165) is 11.7 Å². The monoisotopic (exact) mass is 292 g/mol. The van der Waals surface area contributed by atoms with Gasteiger partial charge in [0.05, 0.1) is 5.52 Å². The van der Waals surface area contributed by atoms with Gasteiger partial charge in [-0.2, -0.15) is 5.10 Å². The fraction of sp³-hybridized carbons (Fsp3) is 0.333. The number of hydrogen-bond donors (Lipinski definition) is 1. The van der Waals surface area contributed by atoms with Crippen LogP contribution in [0.1, 0.15) is 37.9 Å². The molecule has 0 aliphatic heterocycles. The lowest BCUT2D eigenvalue weighted by Gasteiger charge is -2.04. The Morgan fingerprint density at radius 1 is 1.27 bits per heavy atom. The van der Waals surface area contributed by atoms with Gasteiger partial charge in [-0.15, -0.1) is 0 Å². The highest BCUT2D eigenvalue weighted by molar-refractivity contribution is 5.95. The first-order chi connectivity index (χ1) is 10.5. The molecule has 112 valence electrons. The average molecular weight is 292 g/mol. The molecule has 1 N–H and O–H groups in total. The Labute approximate surface area is 129 Å². The van der Waals surface area contributed by atoms with Crippen molar-refractivity contribution < 1.29 is 0 Å². The van der Waals surface area contributed by atoms with Crippen LogP contribution in [0.15, 0.2) is 41.5 Å². The van der Waals surface area contributed by atoms with Crippen LogP contribution in [0.5, 0.6) is 0 Å². The van der Waals surface area contributed by atoms with E-state index in [-0.39, 0.29) is 0 Å². The van der Waals surface area contributed by atoms with Gasteiger partial charge in [-0.3, -0.25) is 5.10 Å². The topological polar surface area (TPSA) is 46.0 Å². The van der Waals surface area contributed by atoms with E-state index in [0.29, 0.717) is 5.41 Å². The zero-order chi connectivity index (χ0) is 15.3. The van der Waals surface area contributed by atoms with Gasteiger partial charge in [-0.25, -0.2) is 4.99 Å². The van der Waals surface area contributed by atoms with Gasteiger partial charge in [0, 0.05) is 28.8 Å². The molecule has 1 saturated carbocycles. The van der Waals surface area contributed by atoms with E-state index in [1.807, 2.05) is 6.92 Å². The maximum atomic E-state index is 4.67. The van der Waals surface area contributed by atoms with Crippen LogP contribution in [0.2, 0.25) is 0 Å². The Bertz CT molecular complexity index is 878. The van der Waals surface area contributed by atoms with E-state index in [1.165, 1.54) is 35.0 Å². The van der Waals surface area contributed by atoms with Crippen molar-refractivity contribution in [3.63, 3.8) is 0 Å². The highest BCUT2D eigenvalue weighted by Crippen LogP contribution is 2.47. The third kappa shape index (κ3) is 2.15. The predicted molar refractivity (Wildman–Crippen MR) is 90.0 cm³/mol. The SMILES string of the molecule is CC(=Nc1cc(C2(C)CC2)[nH]n1)n1ccc2cc(C)ccc21. The van der Waals surface area contributed by atoms with Crippen molar-refractivity contribution in [2.24, 2.45) is 4.99 Å². The summed E-state index contributed by atoms with van der Waals surface area (Å²) in [6.45, 7) is 6.40. The van der Waals surface area contributed by atoms with Crippen LogP contribution in [0.3, 0.4) is 0 Å². The number of benzene rings is 1. The second-order valence-corrected chi connectivity index (χ2v) is 6.61. The van der Waals surface area contributed by atoms with Crippen LogP contribution in [-0.2, 0) is 5.41 Å². The van der Waals surface area contributed by atoms with Crippen LogP contribution < -0.4 is 0 Å². The summed E-state index contributed by atoms with van der Waals surface area (Å²) < 4.78 is 2.11. The van der Waals surface area contributed by atoms with Gasteiger partial charge in [0.25, 0.3) is 0 Å². The summed E-state index contributed by atoms with van der Waals surface area (Å²) in [4.78, 5) is 4.67. The number of H-pyrrole nitrogens is 1. The van der Waals surface area contributed by atoms with Crippen molar-refractivity contribution in [1.29, 1.82) is 0 Å². The minimum absolute atomic E-state index is 0.298. The molecule has 0 saturated heterocycles. The molecule has 0 amide bonds. The molecule has 22 heavy (non-hydrogen) atoms. The molecule has 0 radical (unpaired) electrons. The van der Waals surface area contributed by atoms with Crippen molar-refractivity contribution in [3.8, 4) is 0 Å². The third-order valence-electron chi connectivity index (χ3n) is 4.69. The van der Waals surface area contributed by atoms with E-state index in [1.54, 1.807) is 0 Å². The Morgan fingerprint density at radius 3 is 2.86 bits per heavy atom. The maximum Gasteiger partial charge on any atom is 0.175 e. The predicted octanol–water partition coefficient (Wildman–Crippen LogP) is 4.32. The van der Waals surface area contributed by atoms with Gasteiger partial charge >= 0.3 is 0 Å². The summed E-state index contributed by atoms with van der Waals surface area (Å²) in [5.74, 6) is 1.69. The van der Waals surface area contributed by atoms with E-state index >= 15 is 0 Å². The van der Waals surface area contributed by atoms with Crippen molar-refractivity contribution in [2.75, 3.05) is 0 Å². The molecule has 1 aromatic carbocycles. The molecule has 1 aliphatic rings. The number of nitrogens with one attached hydrogen (secondary N) is 1. The summed E-state index contributed by atoms with van der Waals surface area (Å²) >= 11 is 0. The molecule has 4 nitrogen and oxygen atoms in total. The Morgan fingerprint density at radius 2 is 2.09 bits per heavy atom. The third-order valence-corrected chi connectivity index (χ3v) is 4.69. The number of aromatic amines is 1. The minimum Gasteiger partial charge on any atom is -0.305 e. The number of aliphatic imine (C=N–C) groups is 1. The summed E-state index contributed by atoms with van der Waals surface area (Å²) in [6, 6.07) is 10.7. The molecular weight excluding hydrogens is 272 g/mol. The molecule has 0 spiro atoms. The Kier molecular flexibility index (Phi) is 2.76. The van der Waals surface area contributed by atoms with Crippen LogP contribution >= 0.6 is 0 Å². The quantitative estimate of drug-likeness (QED) is 0.555. The molecule has 0 bridgehead atoms. The van der Waals surface area contributed by atoms with Crippen LogP contribution in [-0.4, -0.2) is 20.6 Å². The Balaban J connectivity index is 1.70. The van der Waals surface area contributed by atoms with Crippen LogP contribution in [0.4, 0.5) is 5.82 Å². The first kappa shape index (κ1) is 13.3. The van der Waals surface area contributed by atoms with Crippen molar-refractivity contribution in [1.82, 2.24) is 14.8 Å². The number of aromatic nitrogens is 3. The first-order valence-corrected chi connectivity index (χ1v) is 7.74. The molecule has 1 fully saturated rings. The van der Waals surface area contributed by atoms with Crippen molar-refractivity contribution in [2.45, 2.75) is 39.0 Å². The lowest BCUT2D eigenvalue weighted by Crippen LogP contribution is -2.05. The lowest BCUT2D eigenvalue weighted by atomic mass is 10.1. The molecular formula is C18H20N4. The zero-order valence-electron chi connectivity index (χ0n) is 13.2. The van der Waals surface area contributed by atoms with E-state index in [9.17, 15) is 0 Å². The zero-order valence-corrected chi connectivity index (χ0v) is 13.2. The number of nitrogens with zero attached hydrogens (tertiary/aromatic N) is 3.